The van der Waals surface area contributed by atoms with Gasteiger partial charge in [0.05, 0.1) is 22.3 Å². The van der Waals surface area contributed by atoms with E-state index in [0.717, 1.165) is 11.4 Å². The van der Waals surface area contributed by atoms with E-state index in [4.69, 9.17) is 9.97 Å². The lowest BCUT2D eigenvalue weighted by atomic mass is 10.1. The Morgan fingerprint density at radius 1 is 0.630 bits per heavy atom. The maximum Gasteiger partial charge on any atom is 0.0923 e. The number of hydrogen-bond acceptors (Lipinski definition) is 2. The van der Waals surface area contributed by atoms with Gasteiger partial charge in [-0.3, -0.25) is 0 Å². The number of pyridine rings is 2. The van der Waals surface area contributed by atoms with Crippen LogP contribution >= 0.6 is 15.8 Å². The Balaban J connectivity index is 2.52. The molecule has 0 spiro atoms. The topological polar surface area (TPSA) is 25.8 Å². The molecule has 0 aliphatic heterocycles. The molecule has 0 aromatic carbocycles. The standard InChI is InChI=1S/C23H36N2P2/c1-15(2)26(16(3)4)21-12-10-11-20(24-21)23-19(9)13-14-22(25-23)27(17(5)6)18(7)8/h10-18H,1-9H3. The summed E-state index contributed by atoms with van der Waals surface area (Å²) in [7, 11) is -0.534. The number of rotatable bonds is 7. The van der Waals surface area contributed by atoms with E-state index in [9.17, 15) is 0 Å². The third-order valence-electron chi connectivity index (χ3n) is 4.81. The lowest BCUT2D eigenvalue weighted by Crippen LogP contribution is -2.20. The van der Waals surface area contributed by atoms with Crippen LogP contribution in [-0.2, 0) is 0 Å². The maximum absolute atomic E-state index is 5.15. The summed E-state index contributed by atoms with van der Waals surface area (Å²) in [6, 6.07) is 11.0. The fourth-order valence-electron chi connectivity index (χ4n) is 3.87. The third kappa shape index (κ3) is 5.36. The van der Waals surface area contributed by atoms with Gasteiger partial charge in [0.2, 0.25) is 0 Å². The van der Waals surface area contributed by atoms with Crippen LogP contribution in [0.25, 0.3) is 11.4 Å². The summed E-state index contributed by atoms with van der Waals surface area (Å²) in [5, 5.41) is 0. The average Bonchev–Trinajstić information content (AvgIpc) is 2.55. The highest BCUT2D eigenvalue weighted by atomic mass is 31.1. The summed E-state index contributed by atoms with van der Waals surface area (Å²) in [4.78, 5) is 10.3. The smallest absolute Gasteiger partial charge is 0.0923 e. The van der Waals surface area contributed by atoms with Crippen LogP contribution < -0.4 is 10.9 Å². The fourth-order valence-corrected chi connectivity index (χ4v) is 9.32. The fraction of sp³-hybridized carbons (Fsp3) is 0.565. The number of nitrogens with zero attached hydrogens (tertiary/aromatic N) is 2. The first-order chi connectivity index (χ1) is 12.6. The van der Waals surface area contributed by atoms with Crippen molar-refractivity contribution in [1.82, 2.24) is 9.97 Å². The molecule has 0 saturated carbocycles. The van der Waals surface area contributed by atoms with Crippen LogP contribution in [0, 0.1) is 6.92 Å². The van der Waals surface area contributed by atoms with E-state index in [1.165, 1.54) is 16.4 Å². The molecule has 0 N–H and O–H groups in total. The minimum absolute atomic E-state index is 0.265. The van der Waals surface area contributed by atoms with Crippen LogP contribution in [0.15, 0.2) is 30.3 Å². The zero-order valence-corrected chi connectivity index (χ0v) is 20.3. The molecule has 4 heteroatoms. The van der Waals surface area contributed by atoms with Gasteiger partial charge in [0.15, 0.2) is 0 Å². The summed E-state index contributed by atoms with van der Waals surface area (Å²) < 4.78 is 0. The molecule has 0 unspecified atom stereocenters. The normalized spacial score (nSPS) is 12.4. The van der Waals surface area contributed by atoms with E-state index in [0.29, 0.717) is 22.6 Å². The van der Waals surface area contributed by atoms with Crippen LogP contribution in [0.5, 0.6) is 0 Å². The first kappa shape index (κ1) is 22.4. The predicted molar refractivity (Wildman–Crippen MR) is 126 cm³/mol. The van der Waals surface area contributed by atoms with Gasteiger partial charge in [0.25, 0.3) is 0 Å². The van der Waals surface area contributed by atoms with Crippen LogP contribution in [0.2, 0.25) is 0 Å². The van der Waals surface area contributed by atoms with Crippen LogP contribution in [-0.4, -0.2) is 32.6 Å². The Bertz CT molecular complexity index is 738. The lowest BCUT2D eigenvalue weighted by molar-refractivity contribution is 1.01. The highest BCUT2D eigenvalue weighted by Crippen LogP contribution is 2.45. The molecule has 2 aromatic rings. The van der Waals surface area contributed by atoms with Gasteiger partial charge in [-0.1, -0.05) is 67.5 Å². The first-order valence-electron chi connectivity index (χ1n) is 10.1. The van der Waals surface area contributed by atoms with Gasteiger partial charge in [0.1, 0.15) is 0 Å². The van der Waals surface area contributed by atoms with E-state index in [2.05, 4.69) is 92.6 Å². The Labute approximate surface area is 169 Å². The molecule has 2 nitrogen and oxygen atoms in total. The second kappa shape index (κ2) is 9.58. The zero-order valence-electron chi connectivity index (χ0n) is 18.5. The van der Waals surface area contributed by atoms with E-state index in [1.807, 2.05) is 0 Å². The van der Waals surface area contributed by atoms with Crippen molar-refractivity contribution >= 4 is 26.7 Å². The molecule has 0 amide bonds. The van der Waals surface area contributed by atoms with Crippen LogP contribution in [0.3, 0.4) is 0 Å². The van der Waals surface area contributed by atoms with Crippen molar-refractivity contribution < 1.29 is 0 Å². The Morgan fingerprint density at radius 3 is 1.59 bits per heavy atom. The van der Waals surface area contributed by atoms with Gasteiger partial charge < -0.3 is 0 Å². The monoisotopic (exact) mass is 402 g/mol. The van der Waals surface area contributed by atoms with Gasteiger partial charge in [-0.05, 0) is 69.2 Å². The molecule has 0 atom stereocenters. The Kier molecular flexibility index (Phi) is 7.96. The SMILES string of the molecule is Cc1ccc(P(C(C)C)C(C)C)nc1-c1cccc(P(C(C)C)C(C)C)n1. The highest BCUT2D eigenvalue weighted by molar-refractivity contribution is 7.67. The summed E-state index contributed by atoms with van der Waals surface area (Å²) >= 11 is 0. The average molecular weight is 403 g/mol. The Morgan fingerprint density at radius 2 is 1.11 bits per heavy atom. The van der Waals surface area contributed by atoms with Crippen molar-refractivity contribution in [2.24, 2.45) is 0 Å². The van der Waals surface area contributed by atoms with Crippen molar-refractivity contribution in [2.45, 2.75) is 84.9 Å². The minimum atomic E-state index is -0.268. The van der Waals surface area contributed by atoms with Crippen LogP contribution in [0.1, 0.15) is 61.0 Å². The second-order valence-electron chi connectivity index (χ2n) is 8.41. The van der Waals surface area contributed by atoms with Gasteiger partial charge in [-0.2, -0.15) is 0 Å². The molecule has 0 fully saturated rings. The summed E-state index contributed by atoms with van der Waals surface area (Å²) in [6.45, 7) is 20.7. The molecular formula is C23H36N2P2. The molecule has 27 heavy (non-hydrogen) atoms. The summed E-state index contributed by atoms with van der Waals surface area (Å²) in [5.74, 6) is 0. The van der Waals surface area contributed by atoms with Gasteiger partial charge >= 0.3 is 0 Å². The maximum atomic E-state index is 5.15. The van der Waals surface area contributed by atoms with Gasteiger partial charge in [-0.15, -0.1) is 0 Å². The number of aromatic nitrogens is 2. The molecule has 2 aromatic heterocycles. The quantitative estimate of drug-likeness (QED) is 0.508. The van der Waals surface area contributed by atoms with Crippen molar-refractivity contribution in [3.8, 4) is 11.4 Å². The third-order valence-corrected chi connectivity index (χ3v) is 10.8. The van der Waals surface area contributed by atoms with E-state index >= 15 is 0 Å². The highest BCUT2D eigenvalue weighted by Gasteiger charge is 2.23. The number of aryl methyl sites for hydroxylation is 1. The molecular weight excluding hydrogens is 366 g/mol. The lowest BCUT2D eigenvalue weighted by Gasteiger charge is -2.26. The molecule has 148 valence electrons. The Hall–Kier alpha value is -0.840. The van der Waals surface area contributed by atoms with Crippen LogP contribution in [0.4, 0.5) is 0 Å². The van der Waals surface area contributed by atoms with Crippen molar-refractivity contribution in [3.05, 3.63) is 35.9 Å². The molecule has 2 rings (SSSR count). The van der Waals surface area contributed by atoms with Gasteiger partial charge in [0, 0.05) is 0 Å². The van der Waals surface area contributed by atoms with E-state index < -0.39 is 0 Å². The minimum Gasteiger partial charge on any atom is -0.246 e. The molecule has 0 aliphatic carbocycles. The second-order valence-corrected chi connectivity index (χ2v) is 15.1. The van der Waals surface area contributed by atoms with Gasteiger partial charge in [-0.25, -0.2) is 9.97 Å². The van der Waals surface area contributed by atoms with E-state index in [1.54, 1.807) is 0 Å². The first-order valence-corrected chi connectivity index (χ1v) is 13.1. The molecule has 0 saturated heterocycles. The van der Waals surface area contributed by atoms with Crippen molar-refractivity contribution in [1.29, 1.82) is 0 Å². The molecule has 0 radical (unpaired) electrons. The molecule has 0 bridgehead atoms. The molecule has 0 aliphatic rings. The van der Waals surface area contributed by atoms with Crippen molar-refractivity contribution in [3.63, 3.8) is 0 Å². The van der Waals surface area contributed by atoms with Crippen molar-refractivity contribution in [2.75, 3.05) is 0 Å². The summed E-state index contributed by atoms with van der Waals surface area (Å²) in [5.41, 5.74) is 8.37. The summed E-state index contributed by atoms with van der Waals surface area (Å²) in [6.07, 6.45) is 0. The van der Waals surface area contributed by atoms with E-state index in [-0.39, 0.29) is 15.8 Å². The molecule has 2 heterocycles. The number of hydrogen-bond donors (Lipinski definition) is 0. The largest absolute Gasteiger partial charge is 0.246 e. The zero-order chi connectivity index (χ0) is 20.3. The predicted octanol–water partition coefficient (Wildman–Crippen LogP) is 6.30.